The Kier molecular flexibility index (Phi) is 4.59. The van der Waals surface area contributed by atoms with Crippen LogP contribution in [0.5, 0.6) is 0 Å². The molecular formula is C12H11Cl2N3O2S. The van der Waals surface area contributed by atoms with Gasteiger partial charge in [0.15, 0.2) is 0 Å². The highest BCUT2D eigenvalue weighted by molar-refractivity contribution is 7.89. The van der Waals surface area contributed by atoms with Gasteiger partial charge in [0.05, 0.1) is 5.02 Å². The van der Waals surface area contributed by atoms with Crippen molar-refractivity contribution in [3.63, 3.8) is 0 Å². The highest BCUT2D eigenvalue weighted by Crippen LogP contribution is 2.22. The molecule has 0 spiro atoms. The number of nitrogens with one attached hydrogen (secondary N) is 1. The molecule has 106 valence electrons. The molecule has 0 aliphatic rings. The molecule has 0 bridgehead atoms. The van der Waals surface area contributed by atoms with Crippen LogP contribution in [0.2, 0.25) is 10.2 Å². The lowest BCUT2D eigenvalue weighted by Crippen LogP contribution is -2.23. The Morgan fingerprint density at radius 1 is 1.30 bits per heavy atom. The second-order valence-corrected chi connectivity index (χ2v) is 6.60. The topological polar surface area (TPSA) is 72.0 Å². The van der Waals surface area contributed by atoms with E-state index in [9.17, 15) is 8.42 Å². The number of halogens is 2. The van der Waals surface area contributed by atoms with Crippen molar-refractivity contribution >= 4 is 33.2 Å². The Hall–Kier alpha value is -1.21. The number of hydrogen-bond acceptors (Lipinski definition) is 4. The fourth-order valence-electron chi connectivity index (χ4n) is 1.51. The van der Waals surface area contributed by atoms with E-state index in [0.29, 0.717) is 0 Å². The van der Waals surface area contributed by atoms with Crippen molar-refractivity contribution in [2.24, 2.45) is 0 Å². The third-order valence-corrected chi connectivity index (χ3v) is 4.72. The molecule has 8 heteroatoms. The van der Waals surface area contributed by atoms with Crippen molar-refractivity contribution < 1.29 is 8.42 Å². The molecule has 0 amide bonds. The minimum Gasteiger partial charge on any atom is -0.264 e. The Morgan fingerprint density at radius 2 is 2.05 bits per heavy atom. The zero-order valence-corrected chi connectivity index (χ0v) is 12.8. The van der Waals surface area contributed by atoms with Crippen LogP contribution in [0.15, 0.2) is 35.6 Å². The molecule has 2 rings (SSSR count). The van der Waals surface area contributed by atoms with Crippen LogP contribution in [0.25, 0.3) is 0 Å². The Bertz CT molecular complexity index is 735. The van der Waals surface area contributed by atoms with E-state index < -0.39 is 10.0 Å². The molecule has 1 N–H and O–H groups in total. The third-order valence-electron chi connectivity index (χ3n) is 2.67. The molecule has 20 heavy (non-hydrogen) atoms. The number of hydrogen-bond donors (Lipinski definition) is 1. The minimum atomic E-state index is -3.69. The first-order valence-corrected chi connectivity index (χ1v) is 7.84. The zero-order valence-electron chi connectivity index (χ0n) is 10.5. The molecule has 0 atom stereocenters. The molecule has 0 radical (unpaired) electrons. The monoisotopic (exact) mass is 331 g/mol. The summed E-state index contributed by atoms with van der Waals surface area (Å²) in [5.74, 6) is 0. The highest BCUT2D eigenvalue weighted by atomic mass is 35.5. The van der Waals surface area contributed by atoms with Crippen LogP contribution in [0.4, 0.5) is 0 Å². The van der Waals surface area contributed by atoms with E-state index in [0.717, 1.165) is 17.3 Å². The molecule has 0 aliphatic carbocycles. The number of nitrogens with zero attached hydrogens (tertiary/aromatic N) is 2. The molecule has 0 saturated heterocycles. The summed E-state index contributed by atoms with van der Waals surface area (Å²) < 4.78 is 26.7. The van der Waals surface area contributed by atoms with Crippen molar-refractivity contribution in [2.75, 3.05) is 0 Å². The van der Waals surface area contributed by atoms with E-state index in [-0.39, 0.29) is 21.6 Å². The number of pyridine rings is 2. The fourth-order valence-corrected chi connectivity index (χ4v) is 2.82. The van der Waals surface area contributed by atoms with Crippen molar-refractivity contribution in [3.8, 4) is 0 Å². The average molecular weight is 332 g/mol. The number of sulfonamides is 1. The number of aromatic nitrogens is 2. The number of aryl methyl sites for hydroxylation is 1. The molecule has 2 heterocycles. The van der Waals surface area contributed by atoms with Gasteiger partial charge in [0.2, 0.25) is 10.0 Å². The first kappa shape index (κ1) is 15.2. The maximum absolute atomic E-state index is 12.1. The van der Waals surface area contributed by atoms with Crippen LogP contribution >= 0.6 is 23.2 Å². The molecule has 0 aliphatic heterocycles. The van der Waals surface area contributed by atoms with Gasteiger partial charge in [0.1, 0.15) is 10.0 Å². The molecular weight excluding hydrogens is 321 g/mol. The third kappa shape index (κ3) is 3.46. The molecule has 0 saturated carbocycles. The van der Waals surface area contributed by atoms with E-state index in [1.54, 1.807) is 18.5 Å². The largest absolute Gasteiger partial charge is 0.264 e. The highest BCUT2D eigenvalue weighted by Gasteiger charge is 2.16. The predicted octanol–water partition coefficient (Wildman–Crippen LogP) is 2.57. The van der Waals surface area contributed by atoms with Crippen LogP contribution in [0.1, 0.15) is 11.1 Å². The summed E-state index contributed by atoms with van der Waals surface area (Å²) >= 11 is 11.4. The van der Waals surface area contributed by atoms with Crippen LogP contribution in [-0.2, 0) is 16.6 Å². The Labute approximate surface area is 127 Å². The van der Waals surface area contributed by atoms with E-state index in [1.165, 1.54) is 6.07 Å². The van der Waals surface area contributed by atoms with Gasteiger partial charge in [-0.05, 0) is 30.2 Å². The summed E-state index contributed by atoms with van der Waals surface area (Å²) in [4.78, 5) is 7.64. The summed E-state index contributed by atoms with van der Waals surface area (Å²) in [6, 6.07) is 3.02. The maximum atomic E-state index is 12.1. The summed E-state index contributed by atoms with van der Waals surface area (Å²) in [6.07, 6.45) is 4.44. The van der Waals surface area contributed by atoms with E-state index >= 15 is 0 Å². The van der Waals surface area contributed by atoms with Gasteiger partial charge >= 0.3 is 0 Å². The van der Waals surface area contributed by atoms with Crippen LogP contribution in [0.3, 0.4) is 0 Å². The van der Waals surface area contributed by atoms with E-state index in [1.807, 2.05) is 6.92 Å². The lowest BCUT2D eigenvalue weighted by atomic mass is 10.2. The van der Waals surface area contributed by atoms with Gasteiger partial charge in [-0.25, -0.2) is 18.1 Å². The zero-order chi connectivity index (χ0) is 14.8. The molecule has 2 aromatic rings. The molecule has 0 aromatic carbocycles. The number of rotatable bonds is 4. The van der Waals surface area contributed by atoms with Crippen molar-refractivity contribution in [2.45, 2.75) is 18.4 Å². The van der Waals surface area contributed by atoms with E-state index in [4.69, 9.17) is 23.2 Å². The average Bonchev–Trinajstić information content (AvgIpc) is 2.41. The quantitative estimate of drug-likeness (QED) is 0.874. The summed E-state index contributed by atoms with van der Waals surface area (Å²) in [7, 11) is -3.69. The van der Waals surface area contributed by atoms with Gasteiger partial charge in [0, 0.05) is 25.1 Å². The molecule has 0 unspecified atom stereocenters. The summed E-state index contributed by atoms with van der Waals surface area (Å²) in [5, 5.41) is 0.158. The van der Waals surface area contributed by atoms with Gasteiger partial charge < -0.3 is 0 Å². The Balaban J connectivity index is 2.19. The van der Waals surface area contributed by atoms with Gasteiger partial charge in [0.25, 0.3) is 0 Å². The molecule has 2 aromatic heterocycles. The molecule has 5 nitrogen and oxygen atoms in total. The van der Waals surface area contributed by atoms with Gasteiger partial charge in [-0.2, -0.15) is 0 Å². The Morgan fingerprint density at radius 3 is 2.70 bits per heavy atom. The lowest BCUT2D eigenvalue weighted by Gasteiger charge is -2.08. The minimum absolute atomic E-state index is 0.0291. The lowest BCUT2D eigenvalue weighted by molar-refractivity contribution is 0.580. The van der Waals surface area contributed by atoms with Crippen LogP contribution in [-0.4, -0.2) is 18.4 Å². The molecule has 0 fully saturated rings. The summed E-state index contributed by atoms with van der Waals surface area (Å²) in [5.41, 5.74) is 1.75. The first-order valence-electron chi connectivity index (χ1n) is 5.60. The smallest absolute Gasteiger partial charge is 0.242 e. The van der Waals surface area contributed by atoms with Crippen molar-refractivity contribution in [1.82, 2.24) is 14.7 Å². The SMILES string of the molecule is Cc1cnccc1CNS(=O)(=O)c1cnc(Cl)c(Cl)c1. The van der Waals surface area contributed by atoms with Gasteiger partial charge in [-0.3, -0.25) is 4.98 Å². The standard InChI is InChI=1S/C12H11Cl2N3O2S/c1-8-5-15-3-2-9(8)6-17-20(18,19)10-4-11(13)12(14)16-7-10/h2-5,7,17H,6H2,1H3. The van der Waals surface area contributed by atoms with Crippen LogP contribution < -0.4 is 4.72 Å². The van der Waals surface area contributed by atoms with Gasteiger partial charge in [-0.1, -0.05) is 23.2 Å². The fraction of sp³-hybridized carbons (Fsp3) is 0.167. The van der Waals surface area contributed by atoms with E-state index in [2.05, 4.69) is 14.7 Å². The second kappa shape index (κ2) is 6.05. The second-order valence-electron chi connectivity index (χ2n) is 4.07. The first-order chi connectivity index (χ1) is 9.40. The van der Waals surface area contributed by atoms with Crippen LogP contribution in [0, 0.1) is 6.92 Å². The summed E-state index contributed by atoms with van der Waals surface area (Å²) in [6.45, 7) is 2.02. The normalized spacial score (nSPS) is 11.6. The van der Waals surface area contributed by atoms with Crippen molar-refractivity contribution in [1.29, 1.82) is 0 Å². The van der Waals surface area contributed by atoms with Gasteiger partial charge in [-0.15, -0.1) is 0 Å². The van der Waals surface area contributed by atoms with Crippen molar-refractivity contribution in [3.05, 3.63) is 52.0 Å². The maximum Gasteiger partial charge on any atom is 0.242 e. The predicted molar refractivity (Wildman–Crippen MR) is 77.3 cm³/mol.